The second-order valence-electron chi connectivity index (χ2n) is 2.79. The maximum Gasteiger partial charge on any atom is 0.0794 e. The van der Waals surface area contributed by atoms with E-state index >= 15 is 0 Å². The van der Waals surface area contributed by atoms with E-state index in [1.807, 2.05) is 0 Å². The summed E-state index contributed by atoms with van der Waals surface area (Å²) in [5.41, 5.74) is 2.58. The third kappa shape index (κ3) is 7.38. The first kappa shape index (κ1) is 10.5. The number of hydrogen-bond acceptors (Lipinski definition) is 1. The lowest BCUT2D eigenvalue weighted by Crippen LogP contribution is -2.00. The minimum Gasteiger partial charge on any atom is -0.388 e. The summed E-state index contributed by atoms with van der Waals surface area (Å²) in [7, 11) is 0. The van der Waals surface area contributed by atoms with Crippen molar-refractivity contribution in [3.05, 3.63) is 18.4 Å². The van der Waals surface area contributed by atoms with E-state index in [1.54, 1.807) is 6.08 Å². The zero-order chi connectivity index (χ0) is 8.53. The van der Waals surface area contributed by atoms with Gasteiger partial charge in [-0.2, -0.15) is 0 Å². The summed E-state index contributed by atoms with van der Waals surface area (Å²) in [5, 5.41) is 9.19. The van der Waals surface area contributed by atoms with Crippen molar-refractivity contribution in [1.82, 2.24) is 0 Å². The Kier molecular flexibility index (Phi) is 7.23. The van der Waals surface area contributed by atoms with E-state index in [-0.39, 0.29) is 6.10 Å². The van der Waals surface area contributed by atoms with Crippen molar-refractivity contribution in [3.8, 4) is 0 Å². The molecule has 11 heavy (non-hydrogen) atoms. The molecule has 0 rings (SSSR count). The summed E-state index contributed by atoms with van der Waals surface area (Å²) in [5.74, 6) is 0. The van der Waals surface area contributed by atoms with Gasteiger partial charge in [-0.1, -0.05) is 39.2 Å². The molecule has 0 saturated carbocycles. The van der Waals surface area contributed by atoms with Crippen LogP contribution >= 0.6 is 0 Å². The number of aliphatic hydroxyl groups is 1. The van der Waals surface area contributed by atoms with E-state index in [0.29, 0.717) is 0 Å². The van der Waals surface area contributed by atoms with Gasteiger partial charge in [0.2, 0.25) is 0 Å². The quantitative estimate of drug-likeness (QED) is 0.460. The Bertz CT molecular complexity index is 123. The average Bonchev–Trinajstić information content (AvgIpc) is 1.99. The maximum absolute atomic E-state index is 9.19. The highest BCUT2D eigenvalue weighted by atomic mass is 16.3. The first-order chi connectivity index (χ1) is 5.31. The predicted octanol–water partition coefficient (Wildman–Crippen LogP) is 2.66. The molecule has 0 spiro atoms. The van der Waals surface area contributed by atoms with E-state index in [9.17, 15) is 5.11 Å². The molecule has 0 bridgehead atoms. The molecule has 0 radical (unpaired) electrons. The Hall–Kier alpha value is -0.520. The highest BCUT2D eigenvalue weighted by molar-refractivity contribution is 4.83. The predicted molar refractivity (Wildman–Crippen MR) is 48.5 cm³/mol. The van der Waals surface area contributed by atoms with Crippen LogP contribution < -0.4 is 0 Å². The van der Waals surface area contributed by atoms with Gasteiger partial charge in [0.1, 0.15) is 0 Å². The van der Waals surface area contributed by atoms with Crippen LogP contribution in [0.15, 0.2) is 18.4 Å². The lowest BCUT2D eigenvalue weighted by Gasteiger charge is -2.02. The number of unbranched alkanes of at least 4 members (excludes halogenated alkanes) is 3. The average molecular weight is 154 g/mol. The SMILES string of the molecule is C=C=C[C@H](O)CCCCCC. The molecular weight excluding hydrogens is 136 g/mol. The van der Waals surface area contributed by atoms with Gasteiger partial charge in [-0.05, 0) is 12.5 Å². The summed E-state index contributed by atoms with van der Waals surface area (Å²) in [6.07, 6.45) is 6.97. The van der Waals surface area contributed by atoms with Crippen molar-refractivity contribution in [2.45, 2.75) is 45.1 Å². The summed E-state index contributed by atoms with van der Waals surface area (Å²) in [4.78, 5) is 0. The van der Waals surface area contributed by atoms with E-state index in [0.717, 1.165) is 12.8 Å². The van der Waals surface area contributed by atoms with Crippen LogP contribution in [0, 0.1) is 0 Å². The zero-order valence-corrected chi connectivity index (χ0v) is 7.34. The Morgan fingerprint density at radius 1 is 1.45 bits per heavy atom. The Morgan fingerprint density at radius 2 is 2.18 bits per heavy atom. The minimum atomic E-state index is -0.329. The first-order valence-corrected chi connectivity index (χ1v) is 4.35. The fraction of sp³-hybridized carbons (Fsp3) is 0.700. The van der Waals surface area contributed by atoms with Crippen molar-refractivity contribution in [2.24, 2.45) is 0 Å². The van der Waals surface area contributed by atoms with Crippen LogP contribution in [-0.4, -0.2) is 11.2 Å². The molecule has 0 aliphatic heterocycles. The van der Waals surface area contributed by atoms with Crippen LogP contribution in [0.5, 0.6) is 0 Å². The Labute approximate surface area is 69.4 Å². The van der Waals surface area contributed by atoms with E-state index < -0.39 is 0 Å². The lowest BCUT2D eigenvalue weighted by molar-refractivity contribution is 0.208. The summed E-state index contributed by atoms with van der Waals surface area (Å²) < 4.78 is 0. The van der Waals surface area contributed by atoms with E-state index in [1.165, 1.54) is 19.3 Å². The molecule has 0 fully saturated rings. The van der Waals surface area contributed by atoms with Gasteiger partial charge in [0.05, 0.1) is 6.10 Å². The van der Waals surface area contributed by atoms with Crippen LogP contribution in [0.1, 0.15) is 39.0 Å². The number of hydrogen-bond donors (Lipinski definition) is 1. The summed E-state index contributed by atoms with van der Waals surface area (Å²) in [6, 6.07) is 0. The Balaban J connectivity index is 3.17. The molecule has 1 nitrogen and oxygen atoms in total. The summed E-state index contributed by atoms with van der Waals surface area (Å²) >= 11 is 0. The third-order valence-corrected chi connectivity index (χ3v) is 1.66. The molecule has 0 aromatic rings. The molecular formula is C10H18O. The fourth-order valence-corrected chi connectivity index (χ4v) is 1.000. The van der Waals surface area contributed by atoms with Gasteiger partial charge in [-0.15, -0.1) is 5.73 Å². The standard InChI is InChI=1S/C10H18O/c1-3-5-6-7-9-10(11)8-4-2/h8,10-11H,2-3,5-7,9H2,1H3/t10-/m0/s1. The molecule has 0 unspecified atom stereocenters. The second kappa shape index (κ2) is 7.59. The molecule has 0 heterocycles. The van der Waals surface area contributed by atoms with Crippen LogP contribution in [0.2, 0.25) is 0 Å². The normalized spacial score (nSPS) is 12.2. The van der Waals surface area contributed by atoms with Gasteiger partial charge >= 0.3 is 0 Å². The first-order valence-electron chi connectivity index (χ1n) is 4.35. The van der Waals surface area contributed by atoms with E-state index in [4.69, 9.17) is 0 Å². The molecule has 1 heteroatoms. The van der Waals surface area contributed by atoms with Crippen molar-refractivity contribution in [3.63, 3.8) is 0 Å². The minimum absolute atomic E-state index is 0.329. The van der Waals surface area contributed by atoms with Gasteiger partial charge in [0.15, 0.2) is 0 Å². The number of rotatable bonds is 6. The smallest absolute Gasteiger partial charge is 0.0794 e. The molecule has 0 aliphatic rings. The van der Waals surface area contributed by atoms with Crippen LogP contribution in [0.4, 0.5) is 0 Å². The highest BCUT2D eigenvalue weighted by Crippen LogP contribution is 2.05. The van der Waals surface area contributed by atoms with Gasteiger partial charge in [-0.3, -0.25) is 0 Å². The molecule has 0 aromatic carbocycles. The topological polar surface area (TPSA) is 20.2 Å². The third-order valence-electron chi connectivity index (χ3n) is 1.66. The zero-order valence-electron chi connectivity index (χ0n) is 7.34. The largest absolute Gasteiger partial charge is 0.388 e. The molecule has 64 valence electrons. The monoisotopic (exact) mass is 154 g/mol. The van der Waals surface area contributed by atoms with Crippen molar-refractivity contribution in [2.75, 3.05) is 0 Å². The van der Waals surface area contributed by atoms with Crippen LogP contribution in [-0.2, 0) is 0 Å². The van der Waals surface area contributed by atoms with Crippen molar-refractivity contribution < 1.29 is 5.11 Å². The molecule has 1 atom stereocenters. The molecule has 0 amide bonds. The fourth-order valence-electron chi connectivity index (χ4n) is 1.000. The Morgan fingerprint density at radius 3 is 2.73 bits per heavy atom. The molecule has 0 saturated heterocycles. The second-order valence-corrected chi connectivity index (χ2v) is 2.79. The van der Waals surface area contributed by atoms with Crippen LogP contribution in [0.25, 0.3) is 0 Å². The molecule has 0 aromatic heterocycles. The van der Waals surface area contributed by atoms with Crippen LogP contribution in [0.3, 0.4) is 0 Å². The number of aliphatic hydroxyl groups excluding tert-OH is 1. The highest BCUT2D eigenvalue weighted by Gasteiger charge is 1.96. The van der Waals surface area contributed by atoms with Gasteiger partial charge < -0.3 is 5.11 Å². The van der Waals surface area contributed by atoms with Gasteiger partial charge in [0, 0.05) is 0 Å². The molecule has 1 N–H and O–H groups in total. The van der Waals surface area contributed by atoms with Gasteiger partial charge in [0.25, 0.3) is 0 Å². The van der Waals surface area contributed by atoms with Crippen molar-refractivity contribution >= 4 is 0 Å². The van der Waals surface area contributed by atoms with E-state index in [2.05, 4.69) is 19.2 Å². The molecule has 0 aliphatic carbocycles. The summed E-state index contributed by atoms with van der Waals surface area (Å²) in [6.45, 7) is 5.59. The van der Waals surface area contributed by atoms with Crippen molar-refractivity contribution in [1.29, 1.82) is 0 Å². The van der Waals surface area contributed by atoms with Gasteiger partial charge in [-0.25, -0.2) is 0 Å². The maximum atomic E-state index is 9.19. The lowest BCUT2D eigenvalue weighted by atomic mass is 10.1.